The maximum Gasteiger partial charge on any atom is 0.120 e. The van der Waals surface area contributed by atoms with Crippen LogP contribution < -0.4 is 5.32 Å². The molecule has 118 valence electrons. The molecule has 0 radical (unpaired) electrons. The van der Waals surface area contributed by atoms with Crippen molar-refractivity contribution in [3.63, 3.8) is 0 Å². The normalized spacial score (nSPS) is 18.8. The van der Waals surface area contributed by atoms with Gasteiger partial charge in [-0.25, -0.2) is 0 Å². The molecule has 2 N–H and O–H groups in total. The second-order valence-electron chi connectivity index (χ2n) is 6.62. The van der Waals surface area contributed by atoms with E-state index in [2.05, 4.69) is 30.1 Å². The highest BCUT2D eigenvalue weighted by atomic mass is 16.3. The van der Waals surface area contributed by atoms with Crippen molar-refractivity contribution >= 4 is 0 Å². The molecule has 3 heteroatoms. The third-order valence-corrected chi connectivity index (χ3v) is 4.63. The molecule has 1 atom stereocenters. The van der Waals surface area contributed by atoms with Gasteiger partial charge in [0.25, 0.3) is 0 Å². The summed E-state index contributed by atoms with van der Waals surface area (Å²) in [7, 11) is 0. The van der Waals surface area contributed by atoms with Gasteiger partial charge in [-0.15, -0.1) is 0 Å². The molecular weight excluding hydrogens is 260 g/mol. The molecule has 1 aliphatic rings. The van der Waals surface area contributed by atoms with E-state index in [9.17, 15) is 5.11 Å². The molecule has 21 heavy (non-hydrogen) atoms. The summed E-state index contributed by atoms with van der Waals surface area (Å²) >= 11 is 0. The molecule has 1 saturated heterocycles. The molecule has 0 saturated carbocycles. The maximum absolute atomic E-state index is 10.00. The SMILES string of the molecule is Cc1ccc(C(C)NCCCN2CCC(C)CC2)c(O)c1. The van der Waals surface area contributed by atoms with Crippen molar-refractivity contribution in [1.82, 2.24) is 10.2 Å². The molecule has 0 aliphatic carbocycles. The molecule has 1 fully saturated rings. The smallest absolute Gasteiger partial charge is 0.120 e. The zero-order valence-corrected chi connectivity index (χ0v) is 13.7. The highest BCUT2D eigenvalue weighted by Gasteiger charge is 2.15. The first-order valence-corrected chi connectivity index (χ1v) is 8.31. The molecule has 0 aromatic heterocycles. The van der Waals surface area contributed by atoms with Crippen LogP contribution in [0.15, 0.2) is 18.2 Å². The van der Waals surface area contributed by atoms with Gasteiger partial charge in [-0.05, 0) is 76.8 Å². The Bertz CT molecular complexity index is 439. The summed E-state index contributed by atoms with van der Waals surface area (Å²) in [6, 6.07) is 6.12. The van der Waals surface area contributed by atoms with Crippen LogP contribution >= 0.6 is 0 Å². The Morgan fingerprint density at radius 1 is 1.33 bits per heavy atom. The molecular formula is C18H30N2O. The van der Waals surface area contributed by atoms with E-state index >= 15 is 0 Å². The number of rotatable bonds is 6. The van der Waals surface area contributed by atoms with Gasteiger partial charge in [0.1, 0.15) is 5.75 Å². The Morgan fingerprint density at radius 2 is 2.05 bits per heavy atom. The van der Waals surface area contributed by atoms with E-state index in [0.29, 0.717) is 5.75 Å². The standard InChI is InChI=1S/C18H30N2O/c1-14-7-11-20(12-8-14)10-4-9-19-16(3)17-6-5-15(2)13-18(17)21/h5-6,13-14,16,19,21H,4,7-12H2,1-3H3. The predicted octanol–water partition coefficient (Wildman–Crippen LogP) is 3.47. The minimum atomic E-state index is 0.201. The summed E-state index contributed by atoms with van der Waals surface area (Å²) < 4.78 is 0. The van der Waals surface area contributed by atoms with E-state index in [1.54, 1.807) is 0 Å². The van der Waals surface area contributed by atoms with Crippen molar-refractivity contribution < 1.29 is 5.11 Å². The van der Waals surface area contributed by atoms with E-state index in [1.807, 2.05) is 19.1 Å². The van der Waals surface area contributed by atoms with E-state index < -0.39 is 0 Å². The first-order chi connectivity index (χ1) is 10.1. The number of nitrogens with one attached hydrogen (secondary N) is 1. The number of benzene rings is 1. The van der Waals surface area contributed by atoms with Crippen LogP contribution in [0.4, 0.5) is 0 Å². The van der Waals surface area contributed by atoms with Crippen molar-refractivity contribution in [2.24, 2.45) is 5.92 Å². The minimum absolute atomic E-state index is 0.201. The Hall–Kier alpha value is -1.06. The van der Waals surface area contributed by atoms with Crippen LogP contribution in [-0.2, 0) is 0 Å². The predicted molar refractivity (Wildman–Crippen MR) is 88.7 cm³/mol. The molecule has 1 unspecified atom stereocenters. The molecule has 1 aromatic rings. The molecule has 0 bridgehead atoms. The fraction of sp³-hybridized carbons (Fsp3) is 0.667. The van der Waals surface area contributed by atoms with Crippen molar-refractivity contribution in [2.75, 3.05) is 26.2 Å². The van der Waals surface area contributed by atoms with Crippen LogP contribution in [0.2, 0.25) is 0 Å². The van der Waals surface area contributed by atoms with Crippen LogP contribution in [0.25, 0.3) is 0 Å². The number of hydrogen-bond acceptors (Lipinski definition) is 3. The van der Waals surface area contributed by atoms with Crippen molar-refractivity contribution in [2.45, 2.75) is 46.1 Å². The Labute approximate surface area is 129 Å². The van der Waals surface area contributed by atoms with E-state index in [4.69, 9.17) is 0 Å². The van der Waals surface area contributed by atoms with Crippen LogP contribution in [-0.4, -0.2) is 36.2 Å². The minimum Gasteiger partial charge on any atom is -0.508 e. The van der Waals surface area contributed by atoms with Crippen molar-refractivity contribution in [3.05, 3.63) is 29.3 Å². The zero-order chi connectivity index (χ0) is 15.2. The number of piperidine rings is 1. The lowest BCUT2D eigenvalue weighted by Gasteiger charge is -2.30. The van der Waals surface area contributed by atoms with Gasteiger partial charge in [0.15, 0.2) is 0 Å². The van der Waals surface area contributed by atoms with Gasteiger partial charge in [0.05, 0.1) is 0 Å². The van der Waals surface area contributed by atoms with E-state index in [0.717, 1.165) is 23.6 Å². The maximum atomic E-state index is 10.00. The number of hydrogen-bond donors (Lipinski definition) is 2. The lowest BCUT2D eigenvalue weighted by Crippen LogP contribution is -2.35. The van der Waals surface area contributed by atoms with Crippen LogP contribution in [0.5, 0.6) is 5.75 Å². The molecule has 1 heterocycles. The van der Waals surface area contributed by atoms with E-state index in [1.165, 1.54) is 38.9 Å². The summed E-state index contributed by atoms with van der Waals surface area (Å²) in [5.41, 5.74) is 2.09. The molecule has 2 rings (SSSR count). The second-order valence-corrected chi connectivity index (χ2v) is 6.62. The summed E-state index contributed by atoms with van der Waals surface area (Å²) in [5, 5.41) is 13.5. The van der Waals surface area contributed by atoms with Gasteiger partial charge in [0.2, 0.25) is 0 Å². The van der Waals surface area contributed by atoms with Gasteiger partial charge in [-0.2, -0.15) is 0 Å². The molecule has 1 aliphatic heterocycles. The van der Waals surface area contributed by atoms with Crippen LogP contribution in [0.3, 0.4) is 0 Å². The lowest BCUT2D eigenvalue weighted by molar-refractivity contribution is 0.190. The Morgan fingerprint density at radius 3 is 2.71 bits per heavy atom. The number of likely N-dealkylation sites (tertiary alicyclic amines) is 1. The van der Waals surface area contributed by atoms with Crippen LogP contribution in [0, 0.1) is 12.8 Å². The highest BCUT2D eigenvalue weighted by Crippen LogP contribution is 2.24. The van der Waals surface area contributed by atoms with Gasteiger partial charge >= 0.3 is 0 Å². The molecule has 0 amide bonds. The lowest BCUT2D eigenvalue weighted by atomic mass is 9.99. The highest BCUT2D eigenvalue weighted by molar-refractivity contribution is 5.37. The topological polar surface area (TPSA) is 35.5 Å². The quantitative estimate of drug-likeness (QED) is 0.787. The third-order valence-electron chi connectivity index (χ3n) is 4.63. The average molecular weight is 290 g/mol. The zero-order valence-electron chi connectivity index (χ0n) is 13.7. The largest absolute Gasteiger partial charge is 0.508 e. The number of phenols is 1. The third kappa shape index (κ3) is 5.01. The summed E-state index contributed by atoms with van der Waals surface area (Å²) in [6.45, 7) is 11.2. The number of nitrogens with zero attached hydrogens (tertiary/aromatic N) is 1. The van der Waals surface area contributed by atoms with Gasteiger partial charge in [-0.3, -0.25) is 0 Å². The second kappa shape index (κ2) is 7.81. The number of aromatic hydroxyl groups is 1. The summed E-state index contributed by atoms with van der Waals surface area (Å²) in [6.07, 6.45) is 3.87. The Balaban J connectivity index is 1.68. The molecule has 0 spiro atoms. The van der Waals surface area contributed by atoms with Crippen LogP contribution in [0.1, 0.15) is 50.3 Å². The number of phenolic OH excluding ortho intramolecular Hbond substituents is 1. The van der Waals surface area contributed by atoms with Crippen molar-refractivity contribution in [1.29, 1.82) is 0 Å². The van der Waals surface area contributed by atoms with Gasteiger partial charge < -0.3 is 15.3 Å². The molecule has 1 aromatic carbocycles. The fourth-order valence-corrected chi connectivity index (χ4v) is 3.04. The summed E-state index contributed by atoms with van der Waals surface area (Å²) in [5.74, 6) is 1.31. The van der Waals surface area contributed by atoms with Gasteiger partial charge in [0, 0.05) is 11.6 Å². The monoisotopic (exact) mass is 290 g/mol. The van der Waals surface area contributed by atoms with Crippen molar-refractivity contribution in [3.8, 4) is 5.75 Å². The van der Waals surface area contributed by atoms with E-state index in [-0.39, 0.29) is 6.04 Å². The fourth-order valence-electron chi connectivity index (χ4n) is 3.04. The first-order valence-electron chi connectivity index (χ1n) is 8.31. The summed E-state index contributed by atoms with van der Waals surface area (Å²) in [4.78, 5) is 2.58. The number of aryl methyl sites for hydroxylation is 1. The molecule has 3 nitrogen and oxygen atoms in total. The van der Waals surface area contributed by atoms with Gasteiger partial charge in [-0.1, -0.05) is 19.1 Å². The first kappa shape index (κ1) is 16.3. The Kier molecular flexibility index (Phi) is 6.07. The average Bonchev–Trinajstić information content (AvgIpc) is 2.45.